The Hall–Kier alpha value is -3.54. The van der Waals surface area contributed by atoms with Crippen LogP contribution in [-0.4, -0.2) is 18.4 Å². The first-order chi connectivity index (χ1) is 14.0. The number of ether oxygens (including phenoxy) is 1. The third kappa shape index (κ3) is 5.97. The van der Waals surface area contributed by atoms with E-state index < -0.39 is 0 Å². The SMILES string of the molecule is Cc1cc(C)cc(OCCC(=O)Nc2ccccc2C(=O)NCc2ccco2)c1. The van der Waals surface area contributed by atoms with Gasteiger partial charge in [-0.15, -0.1) is 0 Å². The van der Waals surface area contributed by atoms with Crippen molar-refractivity contribution in [1.29, 1.82) is 0 Å². The van der Waals surface area contributed by atoms with Crippen LogP contribution in [0, 0.1) is 13.8 Å². The first-order valence-corrected chi connectivity index (χ1v) is 9.42. The number of nitrogens with one attached hydrogen (secondary N) is 2. The molecule has 150 valence electrons. The predicted molar refractivity (Wildman–Crippen MR) is 111 cm³/mol. The number of aryl methyl sites for hydroxylation is 2. The molecule has 6 heteroatoms. The molecule has 2 amide bonds. The van der Waals surface area contributed by atoms with Crippen LogP contribution in [0.2, 0.25) is 0 Å². The van der Waals surface area contributed by atoms with Crippen molar-refractivity contribution in [3.8, 4) is 5.75 Å². The second-order valence-electron chi connectivity index (χ2n) is 6.78. The number of anilines is 1. The lowest BCUT2D eigenvalue weighted by molar-refractivity contribution is -0.116. The molecule has 0 aliphatic carbocycles. The monoisotopic (exact) mass is 392 g/mol. The molecule has 1 aromatic heterocycles. The van der Waals surface area contributed by atoms with E-state index >= 15 is 0 Å². The molecule has 1 heterocycles. The Labute approximate surface area is 169 Å². The molecule has 0 saturated carbocycles. The summed E-state index contributed by atoms with van der Waals surface area (Å²) in [4.78, 5) is 24.8. The molecule has 0 bridgehead atoms. The number of hydrogen-bond donors (Lipinski definition) is 2. The highest BCUT2D eigenvalue weighted by molar-refractivity contribution is 6.03. The minimum absolute atomic E-state index is 0.176. The molecule has 0 saturated heterocycles. The zero-order chi connectivity index (χ0) is 20.6. The first-order valence-electron chi connectivity index (χ1n) is 9.42. The van der Waals surface area contributed by atoms with Crippen LogP contribution in [-0.2, 0) is 11.3 Å². The van der Waals surface area contributed by atoms with E-state index in [0.29, 0.717) is 17.0 Å². The van der Waals surface area contributed by atoms with Crippen LogP contribution < -0.4 is 15.4 Å². The Kier molecular flexibility index (Phi) is 6.68. The minimum Gasteiger partial charge on any atom is -0.493 e. The van der Waals surface area contributed by atoms with Crippen molar-refractivity contribution in [1.82, 2.24) is 5.32 Å². The Morgan fingerprint density at radius 3 is 2.48 bits per heavy atom. The summed E-state index contributed by atoms with van der Waals surface area (Å²) in [7, 11) is 0. The van der Waals surface area contributed by atoms with E-state index in [1.165, 1.54) is 0 Å². The van der Waals surface area contributed by atoms with Gasteiger partial charge >= 0.3 is 0 Å². The smallest absolute Gasteiger partial charge is 0.253 e. The fourth-order valence-corrected chi connectivity index (χ4v) is 2.96. The number of benzene rings is 2. The van der Waals surface area contributed by atoms with Gasteiger partial charge in [-0.05, 0) is 61.4 Å². The normalized spacial score (nSPS) is 10.4. The lowest BCUT2D eigenvalue weighted by Gasteiger charge is -2.12. The Morgan fingerprint density at radius 2 is 1.76 bits per heavy atom. The van der Waals surface area contributed by atoms with Crippen molar-refractivity contribution in [3.05, 3.63) is 83.3 Å². The van der Waals surface area contributed by atoms with E-state index in [1.807, 2.05) is 26.0 Å². The van der Waals surface area contributed by atoms with Gasteiger partial charge in [0, 0.05) is 0 Å². The number of hydrogen-bond acceptors (Lipinski definition) is 4. The van der Waals surface area contributed by atoms with Crippen molar-refractivity contribution in [2.45, 2.75) is 26.8 Å². The highest BCUT2D eigenvalue weighted by atomic mass is 16.5. The van der Waals surface area contributed by atoms with Gasteiger partial charge in [-0.2, -0.15) is 0 Å². The summed E-state index contributed by atoms with van der Waals surface area (Å²) >= 11 is 0. The summed E-state index contributed by atoms with van der Waals surface area (Å²) in [5, 5.41) is 5.57. The molecular weight excluding hydrogens is 368 g/mol. The van der Waals surface area contributed by atoms with Crippen molar-refractivity contribution in [2.75, 3.05) is 11.9 Å². The topological polar surface area (TPSA) is 80.6 Å². The highest BCUT2D eigenvalue weighted by Crippen LogP contribution is 2.18. The third-order valence-corrected chi connectivity index (χ3v) is 4.24. The molecule has 0 spiro atoms. The van der Waals surface area contributed by atoms with E-state index in [4.69, 9.17) is 9.15 Å². The first kappa shape index (κ1) is 20.2. The summed E-state index contributed by atoms with van der Waals surface area (Å²) < 4.78 is 10.9. The zero-order valence-corrected chi connectivity index (χ0v) is 16.5. The lowest BCUT2D eigenvalue weighted by atomic mass is 10.1. The zero-order valence-electron chi connectivity index (χ0n) is 16.5. The van der Waals surface area contributed by atoms with E-state index in [0.717, 1.165) is 16.9 Å². The second-order valence-corrected chi connectivity index (χ2v) is 6.78. The van der Waals surface area contributed by atoms with Gasteiger partial charge in [0.1, 0.15) is 11.5 Å². The molecule has 3 aromatic rings. The van der Waals surface area contributed by atoms with Gasteiger partial charge in [0.15, 0.2) is 0 Å². The molecule has 3 rings (SSSR count). The summed E-state index contributed by atoms with van der Waals surface area (Å²) in [6.07, 6.45) is 1.73. The summed E-state index contributed by atoms with van der Waals surface area (Å²) in [6.45, 7) is 4.53. The molecule has 6 nitrogen and oxygen atoms in total. The quantitative estimate of drug-likeness (QED) is 0.601. The van der Waals surface area contributed by atoms with Crippen LogP contribution in [0.15, 0.2) is 65.3 Å². The maximum atomic E-state index is 12.5. The molecule has 0 fully saturated rings. The maximum absolute atomic E-state index is 12.5. The van der Waals surface area contributed by atoms with Crippen LogP contribution >= 0.6 is 0 Å². The average Bonchev–Trinajstić information content (AvgIpc) is 3.19. The van der Waals surface area contributed by atoms with Gasteiger partial charge in [0.25, 0.3) is 5.91 Å². The molecule has 0 aliphatic heterocycles. The molecule has 0 aliphatic rings. The summed E-state index contributed by atoms with van der Waals surface area (Å²) in [6, 6.07) is 16.4. The van der Waals surface area contributed by atoms with Crippen molar-refractivity contribution >= 4 is 17.5 Å². The number of amides is 2. The summed E-state index contributed by atoms with van der Waals surface area (Å²) in [5.41, 5.74) is 3.07. The van der Waals surface area contributed by atoms with E-state index in [-0.39, 0.29) is 31.4 Å². The number of carbonyl (C=O) groups is 2. The van der Waals surface area contributed by atoms with Gasteiger partial charge in [-0.25, -0.2) is 0 Å². The van der Waals surface area contributed by atoms with E-state index in [2.05, 4.69) is 16.7 Å². The van der Waals surface area contributed by atoms with Crippen LogP contribution in [0.25, 0.3) is 0 Å². The molecular formula is C23H24N2O4. The minimum atomic E-state index is -0.288. The van der Waals surface area contributed by atoms with Gasteiger partial charge in [0.2, 0.25) is 5.91 Å². The van der Waals surface area contributed by atoms with E-state index in [1.54, 1.807) is 42.7 Å². The summed E-state index contributed by atoms with van der Waals surface area (Å²) in [5.74, 6) is 0.890. The second kappa shape index (κ2) is 9.59. The fourth-order valence-electron chi connectivity index (χ4n) is 2.96. The van der Waals surface area contributed by atoms with Crippen molar-refractivity contribution in [2.24, 2.45) is 0 Å². The predicted octanol–water partition coefficient (Wildman–Crippen LogP) is 4.23. The van der Waals surface area contributed by atoms with Crippen molar-refractivity contribution in [3.63, 3.8) is 0 Å². The highest BCUT2D eigenvalue weighted by Gasteiger charge is 2.13. The molecule has 2 N–H and O–H groups in total. The molecule has 0 atom stereocenters. The third-order valence-electron chi connectivity index (χ3n) is 4.24. The fraction of sp³-hybridized carbons (Fsp3) is 0.217. The molecule has 0 unspecified atom stereocenters. The van der Waals surface area contributed by atoms with Crippen LogP contribution in [0.1, 0.15) is 33.7 Å². The largest absolute Gasteiger partial charge is 0.493 e. The van der Waals surface area contributed by atoms with Gasteiger partial charge in [-0.1, -0.05) is 18.2 Å². The lowest BCUT2D eigenvalue weighted by Crippen LogP contribution is -2.25. The Morgan fingerprint density at radius 1 is 1.00 bits per heavy atom. The Bertz CT molecular complexity index is 960. The standard InChI is InChI=1S/C23H24N2O4/c1-16-12-17(2)14-19(13-16)29-11-9-22(26)25-21-8-4-3-7-20(21)23(27)24-15-18-6-5-10-28-18/h3-8,10,12-14H,9,11,15H2,1-2H3,(H,24,27)(H,25,26). The Balaban J connectivity index is 1.54. The van der Waals surface area contributed by atoms with E-state index in [9.17, 15) is 9.59 Å². The van der Waals surface area contributed by atoms with Gasteiger partial charge < -0.3 is 19.8 Å². The van der Waals surface area contributed by atoms with Crippen LogP contribution in [0.3, 0.4) is 0 Å². The molecule has 0 radical (unpaired) electrons. The molecule has 2 aromatic carbocycles. The van der Waals surface area contributed by atoms with Gasteiger partial charge in [0.05, 0.1) is 37.1 Å². The molecule has 29 heavy (non-hydrogen) atoms. The number of carbonyl (C=O) groups excluding carboxylic acids is 2. The average molecular weight is 392 g/mol. The van der Waals surface area contributed by atoms with Crippen LogP contribution in [0.5, 0.6) is 5.75 Å². The van der Waals surface area contributed by atoms with Crippen molar-refractivity contribution < 1.29 is 18.7 Å². The maximum Gasteiger partial charge on any atom is 0.253 e. The number of rotatable bonds is 8. The number of furan rings is 1. The van der Waals surface area contributed by atoms with Crippen LogP contribution in [0.4, 0.5) is 5.69 Å². The van der Waals surface area contributed by atoms with Gasteiger partial charge in [-0.3, -0.25) is 9.59 Å². The number of para-hydroxylation sites is 1.